The molecule has 0 saturated heterocycles. The van der Waals surface area contributed by atoms with Crippen molar-refractivity contribution in [3.63, 3.8) is 0 Å². The molecule has 0 aliphatic rings. The van der Waals surface area contributed by atoms with Crippen LogP contribution in [0.1, 0.15) is 11.1 Å². The lowest BCUT2D eigenvalue weighted by Gasteiger charge is -2.09. The average molecular weight is 309 g/mol. The molecule has 0 unspecified atom stereocenters. The quantitative estimate of drug-likeness (QED) is 0.507. The topological polar surface area (TPSA) is 64.3 Å². The molecule has 0 spiro atoms. The van der Waals surface area contributed by atoms with Gasteiger partial charge in [-0.3, -0.25) is 10.2 Å². The lowest BCUT2D eigenvalue weighted by atomic mass is 10.1. The number of halogens is 2. The van der Waals surface area contributed by atoms with Gasteiger partial charge < -0.3 is 4.74 Å². The van der Waals surface area contributed by atoms with Gasteiger partial charge in [0.15, 0.2) is 11.6 Å². The van der Waals surface area contributed by atoms with E-state index in [2.05, 4.69) is 5.43 Å². The molecule has 1 amide bonds. The Labute approximate surface area is 126 Å². The molecule has 0 aromatic heterocycles. The molecule has 2 aromatic carbocycles. The molecular weight excluding hydrogens is 295 g/mol. The minimum atomic E-state index is -0.501. The molecule has 110 valence electrons. The number of carbonyl (C=O) groups is 1. The number of para-hydroxylation sites is 1. The monoisotopic (exact) mass is 308 g/mol. The SMILES string of the molecule is NNC(=O)Cc1ccc(COc2c(F)cccc2Cl)cc1. The lowest BCUT2D eigenvalue weighted by Crippen LogP contribution is -2.31. The normalized spacial score (nSPS) is 10.2. The highest BCUT2D eigenvalue weighted by molar-refractivity contribution is 6.32. The van der Waals surface area contributed by atoms with E-state index in [9.17, 15) is 9.18 Å². The van der Waals surface area contributed by atoms with Crippen LogP contribution < -0.4 is 16.0 Å². The van der Waals surface area contributed by atoms with Crippen LogP contribution in [0.25, 0.3) is 0 Å². The van der Waals surface area contributed by atoms with Gasteiger partial charge in [0, 0.05) is 0 Å². The lowest BCUT2D eigenvalue weighted by molar-refractivity contribution is -0.120. The molecule has 3 N–H and O–H groups in total. The predicted octanol–water partition coefficient (Wildman–Crippen LogP) is 2.59. The molecule has 21 heavy (non-hydrogen) atoms. The molecule has 2 aromatic rings. The standard InChI is InChI=1S/C15H14ClFN2O2/c16-12-2-1-3-13(17)15(12)21-9-11-6-4-10(5-7-11)8-14(20)19-18/h1-7H,8-9,18H2,(H,19,20). The van der Waals surface area contributed by atoms with Crippen LogP contribution in [0.15, 0.2) is 42.5 Å². The summed E-state index contributed by atoms with van der Waals surface area (Å²) in [5.41, 5.74) is 3.73. The van der Waals surface area contributed by atoms with Crippen LogP contribution in [-0.4, -0.2) is 5.91 Å². The van der Waals surface area contributed by atoms with Crippen LogP contribution in [0.2, 0.25) is 5.02 Å². The molecule has 0 heterocycles. The summed E-state index contributed by atoms with van der Waals surface area (Å²) in [6.45, 7) is 0.185. The van der Waals surface area contributed by atoms with Crippen LogP contribution in [0, 0.1) is 5.82 Å². The van der Waals surface area contributed by atoms with Crippen molar-refractivity contribution in [2.24, 2.45) is 5.84 Å². The van der Waals surface area contributed by atoms with E-state index in [1.807, 2.05) is 0 Å². The third-order valence-electron chi connectivity index (χ3n) is 2.85. The first kappa shape index (κ1) is 15.3. The van der Waals surface area contributed by atoms with Crippen LogP contribution in [-0.2, 0) is 17.8 Å². The average Bonchev–Trinajstić information content (AvgIpc) is 2.48. The molecule has 6 heteroatoms. The summed E-state index contributed by atoms with van der Waals surface area (Å²) in [6.07, 6.45) is 0.205. The van der Waals surface area contributed by atoms with Crippen molar-refractivity contribution in [2.45, 2.75) is 13.0 Å². The van der Waals surface area contributed by atoms with Gasteiger partial charge in [0.1, 0.15) is 6.61 Å². The number of hydrazine groups is 1. The molecule has 0 bridgehead atoms. The fourth-order valence-corrected chi connectivity index (χ4v) is 1.98. The zero-order valence-corrected chi connectivity index (χ0v) is 11.9. The van der Waals surface area contributed by atoms with Gasteiger partial charge in [-0.15, -0.1) is 0 Å². The number of nitrogens with one attached hydrogen (secondary N) is 1. The van der Waals surface area contributed by atoms with Gasteiger partial charge in [0.2, 0.25) is 5.91 Å². The molecule has 2 rings (SSSR count). The number of amides is 1. The minimum absolute atomic E-state index is 0.0331. The summed E-state index contributed by atoms with van der Waals surface area (Å²) < 4.78 is 18.9. The van der Waals surface area contributed by atoms with Gasteiger partial charge in [-0.05, 0) is 23.3 Å². The fourth-order valence-electron chi connectivity index (χ4n) is 1.77. The summed E-state index contributed by atoms with van der Waals surface area (Å²) >= 11 is 5.87. The van der Waals surface area contributed by atoms with E-state index in [4.69, 9.17) is 22.2 Å². The number of hydrogen-bond donors (Lipinski definition) is 2. The van der Waals surface area contributed by atoms with E-state index >= 15 is 0 Å². The van der Waals surface area contributed by atoms with Crippen LogP contribution in [0.4, 0.5) is 4.39 Å². The van der Waals surface area contributed by atoms with Crippen molar-refractivity contribution >= 4 is 17.5 Å². The summed E-state index contributed by atoms with van der Waals surface area (Å²) in [5, 5.41) is 0.228. The van der Waals surface area contributed by atoms with E-state index in [1.165, 1.54) is 12.1 Å². The van der Waals surface area contributed by atoms with Gasteiger partial charge in [-0.2, -0.15) is 0 Å². The van der Waals surface area contributed by atoms with Crippen LogP contribution in [0.5, 0.6) is 5.75 Å². The first-order valence-electron chi connectivity index (χ1n) is 6.24. The smallest absolute Gasteiger partial charge is 0.238 e. The molecule has 0 aliphatic heterocycles. The predicted molar refractivity (Wildman–Crippen MR) is 78.2 cm³/mol. The Morgan fingerprint density at radius 2 is 1.86 bits per heavy atom. The van der Waals surface area contributed by atoms with Crippen molar-refractivity contribution in [2.75, 3.05) is 0 Å². The number of rotatable bonds is 5. The highest BCUT2D eigenvalue weighted by Crippen LogP contribution is 2.27. The zero-order chi connectivity index (χ0) is 15.2. The number of carbonyl (C=O) groups excluding carboxylic acids is 1. The molecular formula is C15H14ClFN2O2. The second-order valence-electron chi connectivity index (χ2n) is 4.40. The second-order valence-corrected chi connectivity index (χ2v) is 4.81. The van der Waals surface area contributed by atoms with Crippen molar-refractivity contribution in [1.29, 1.82) is 0 Å². The Morgan fingerprint density at radius 3 is 2.48 bits per heavy atom. The van der Waals surface area contributed by atoms with E-state index in [-0.39, 0.29) is 29.7 Å². The Balaban J connectivity index is 1.99. The largest absolute Gasteiger partial charge is 0.484 e. The van der Waals surface area contributed by atoms with Gasteiger partial charge in [0.25, 0.3) is 0 Å². The third kappa shape index (κ3) is 4.18. The highest BCUT2D eigenvalue weighted by Gasteiger charge is 2.08. The summed E-state index contributed by atoms with van der Waals surface area (Å²) in [7, 11) is 0. The molecule has 4 nitrogen and oxygen atoms in total. The van der Waals surface area contributed by atoms with E-state index in [0.29, 0.717) is 0 Å². The maximum Gasteiger partial charge on any atom is 0.238 e. The fraction of sp³-hybridized carbons (Fsp3) is 0.133. The summed E-state index contributed by atoms with van der Waals surface area (Å²) in [4.78, 5) is 11.1. The van der Waals surface area contributed by atoms with Crippen LogP contribution >= 0.6 is 11.6 Å². The molecule has 0 saturated carbocycles. The molecule has 0 fully saturated rings. The van der Waals surface area contributed by atoms with Gasteiger partial charge in [0.05, 0.1) is 11.4 Å². The number of hydrogen-bond acceptors (Lipinski definition) is 3. The zero-order valence-electron chi connectivity index (χ0n) is 11.1. The summed E-state index contributed by atoms with van der Waals surface area (Å²) in [6, 6.07) is 11.5. The van der Waals surface area contributed by atoms with Gasteiger partial charge in [-0.1, -0.05) is 41.9 Å². The first-order chi connectivity index (χ1) is 10.1. The number of benzene rings is 2. The maximum absolute atomic E-state index is 13.5. The first-order valence-corrected chi connectivity index (χ1v) is 6.62. The molecule has 0 aliphatic carbocycles. The van der Waals surface area contributed by atoms with Gasteiger partial charge in [-0.25, -0.2) is 10.2 Å². The molecule has 0 atom stereocenters. The third-order valence-corrected chi connectivity index (χ3v) is 3.15. The Morgan fingerprint density at radius 1 is 1.19 bits per heavy atom. The van der Waals surface area contributed by atoms with E-state index in [1.54, 1.807) is 30.3 Å². The Kier molecular flexibility index (Phi) is 5.14. The minimum Gasteiger partial charge on any atom is -0.484 e. The number of nitrogens with two attached hydrogens (primary N) is 1. The summed E-state index contributed by atoms with van der Waals surface area (Å²) in [5.74, 6) is 4.29. The van der Waals surface area contributed by atoms with E-state index < -0.39 is 5.82 Å². The second kappa shape index (κ2) is 7.06. The molecule has 0 radical (unpaired) electrons. The Hall–Kier alpha value is -2.11. The highest BCUT2D eigenvalue weighted by atomic mass is 35.5. The van der Waals surface area contributed by atoms with Crippen molar-refractivity contribution < 1.29 is 13.9 Å². The van der Waals surface area contributed by atoms with Crippen molar-refractivity contribution in [3.05, 3.63) is 64.4 Å². The number of ether oxygens (including phenoxy) is 1. The van der Waals surface area contributed by atoms with E-state index in [0.717, 1.165) is 11.1 Å². The maximum atomic E-state index is 13.5. The van der Waals surface area contributed by atoms with Gasteiger partial charge >= 0.3 is 0 Å². The Bertz CT molecular complexity index is 612. The van der Waals surface area contributed by atoms with Crippen molar-refractivity contribution in [1.82, 2.24) is 5.43 Å². The van der Waals surface area contributed by atoms with Crippen LogP contribution in [0.3, 0.4) is 0 Å². The van der Waals surface area contributed by atoms with Crippen molar-refractivity contribution in [3.8, 4) is 5.75 Å².